The topological polar surface area (TPSA) is 49.4 Å². The van der Waals surface area contributed by atoms with Gasteiger partial charge in [0.15, 0.2) is 0 Å². The van der Waals surface area contributed by atoms with E-state index < -0.39 is 0 Å². The van der Waals surface area contributed by atoms with Crippen LogP contribution < -0.4 is 10.2 Å². The van der Waals surface area contributed by atoms with Crippen LogP contribution in [-0.2, 0) is 16.0 Å². The number of amides is 2. The van der Waals surface area contributed by atoms with Crippen LogP contribution in [0.25, 0.3) is 0 Å². The molecule has 0 bridgehead atoms. The highest BCUT2D eigenvalue weighted by Gasteiger charge is 2.09. The molecular weight excluding hydrogens is 276 g/mol. The maximum absolute atomic E-state index is 12.2. The number of carbonyl (C=O) groups is 2. The minimum absolute atomic E-state index is 0.0524. The summed E-state index contributed by atoms with van der Waals surface area (Å²) in [5.74, 6) is -0.125. The third kappa shape index (κ3) is 3.95. The van der Waals surface area contributed by atoms with Crippen LogP contribution in [0.2, 0.25) is 0 Å². The van der Waals surface area contributed by atoms with Gasteiger partial charge in [0.2, 0.25) is 11.8 Å². The van der Waals surface area contributed by atoms with E-state index in [1.807, 2.05) is 49.4 Å². The molecule has 1 N–H and O–H groups in total. The van der Waals surface area contributed by atoms with E-state index in [-0.39, 0.29) is 11.8 Å². The molecule has 0 heterocycles. The van der Waals surface area contributed by atoms with E-state index in [4.69, 9.17) is 0 Å². The van der Waals surface area contributed by atoms with Crippen LogP contribution in [0, 0.1) is 6.92 Å². The summed E-state index contributed by atoms with van der Waals surface area (Å²) < 4.78 is 0. The molecule has 0 fully saturated rings. The zero-order valence-corrected chi connectivity index (χ0v) is 13.1. The molecule has 2 aromatic carbocycles. The molecule has 2 rings (SSSR count). The summed E-state index contributed by atoms with van der Waals surface area (Å²) in [7, 11) is 1.70. The normalized spacial score (nSPS) is 10.1. The number of benzene rings is 2. The van der Waals surface area contributed by atoms with E-state index in [1.54, 1.807) is 13.1 Å². The monoisotopic (exact) mass is 296 g/mol. The third-order valence-corrected chi connectivity index (χ3v) is 3.60. The first kappa shape index (κ1) is 15.8. The molecule has 0 aliphatic heterocycles. The van der Waals surface area contributed by atoms with Gasteiger partial charge in [-0.1, -0.05) is 30.3 Å². The maximum atomic E-state index is 12.2. The van der Waals surface area contributed by atoms with Gasteiger partial charge in [0.05, 0.1) is 6.42 Å². The summed E-state index contributed by atoms with van der Waals surface area (Å²) in [6.45, 7) is 3.49. The number of nitrogens with zero attached hydrogens (tertiary/aromatic N) is 1. The van der Waals surface area contributed by atoms with Gasteiger partial charge in [0.25, 0.3) is 0 Å². The third-order valence-electron chi connectivity index (χ3n) is 3.60. The number of nitrogens with one attached hydrogen (secondary N) is 1. The Labute approximate surface area is 130 Å². The highest BCUT2D eigenvalue weighted by molar-refractivity contribution is 5.95. The van der Waals surface area contributed by atoms with Gasteiger partial charge in [0, 0.05) is 25.3 Å². The summed E-state index contributed by atoms with van der Waals surface area (Å²) in [6, 6.07) is 15.1. The second kappa shape index (κ2) is 6.89. The summed E-state index contributed by atoms with van der Waals surface area (Å²) in [5.41, 5.74) is 3.55. The molecule has 0 radical (unpaired) electrons. The van der Waals surface area contributed by atoms with Crippen molar-refractivity contribution >= 4 is 23.2 Å². The zero-order valence-electron chi connectivity index (χ0n) is 13.1. The molecule has 0 atom stereocenters. The van der Waals surface area contributed by atoms with Crippen LogP contribution in [0.5, 0.6) is 0 Å². The van der Waals surface area contributed by atoms with Crippen LogP contribution in [0.3, 0.4) is 0 Å². The standard InChI is InChI=1S/C18H20N2O2/c1-13-7-4-5-8-15(13)11-18(22)19-16-9-6-10-17(12-16)20(3)14(2)21/h4-10,12H,11H2,1-3H3,(H,19,22). The fourth-order valence-corrected chi connectivity index (χ4v) is 2.16. The molecule has 114 valence electrons. The fraction of sp³-hybridized carbons (Fsp3) is 0.222. The van der Waals surface area contributed by atoms with Crippen molar-refractivity contribution in [2.24, 2.45) is 0 Å². The number of anilines is 2. The molecule has 0 spiro atoms. The van der Waals surface area contributed by atoms with E-state index in [0.717, 1.165) is 16.8 Å². The van der Waals surface area contributed by atoms with Crippen LogP contribution in [0.15, 0.2) is 48.5 Å². The molecule has 0 aliphatic carbocycles. The predicted octanol–water partition coefficient (Wildman–Crippen LogP) is 3.16. The Kier molecular flexibility index (Phi) is 4.94. The summed E-state index contributed by atoms with van der Waals surface area (Å²) >= 11 is 0. The lowest BCUT2D eigenvalue weighted by atomic mass is 10.1. The Morgan fingerprint density at radius 1 is 1.09 bits per heavy atom. The number of rotatable bonds is 4. The Balaban J connectivity index is 2.07. The first-order valence-corrected chi connectivity index (χ1v) is 7.16. The second-order valence-corrected chi connectivity index (χ2v) is 5.28. The van der Waals surface area contributed by atoms with Crippen LogP contribution >= 0.6 is 0 Å². The number of aryl methyl sites for hydroxylation is 1. The largest absolute Gasteiger partial charge is 0.326 e. The summed E-state index contributed by atoms with van der Waals surface area (Å²) in [5, 5.41) is 2.87. The molecule has 0 aliphatic rings. The van der Waals surface area contributed by atoms with Gasteiger partial charge in [-0.25, -0.2) is 0 Å². The van der Waals surface area contributed by atoms with Gasteiger partial charge in [-0.15, -0.1) is 0 Å². The lowest BCUT2D eigenvalue weighted by Gasteiger charge is -2.16. The van der Waals surface area contributed by atoms with Gasteiger partial charge in [-0.3, -0.25) is 9.59 Å². The molecule has 0 saturated carbocycles. The van der Waals surface area contributed by atoms with E-state index in [9.17, 15) is 9.59 Å². The van der Waals surface area contributed by atoms with Gasteiger partial charge in [-0.05, 0) is 36.2 Å². The molecular formula is C18H20N2O2. The lowest BCUT2D eigenvalue weighted by molar-refractivity contribution is -0.116. The Morgan fingerprint density at radius 3 is 2.50 bits per heavy atom. The molecule has 4 nitrogen and oxygen atoms in total. The molecule has 2 amide bonds. The molecule has 2 aromatic rings. The highest BCUT2D eigenvalue weighted by Crippen LogP contribution is 2.19. The number of carbonyl (C=O) groups excluding carboxylic acids is 2. The van der Waals surface area contributed by atoms with Crippen molar-refractivity contribution in [1.82, 2.24) is 0 Å². The van der Waals surface area contributed by atoms with Crippen molar-refractivity contribution in [3.63, 3.8) is 0 Å². The van der Waals surface area contributed by atoms with Crippen molar-refractivity contribution in [2.45, 2.75) is 20.3 Å². The van der Waals surface area contributed by atoms with Gasteiger partial charge in [0.1, 0.15) is 0 Å². The number of hydrogen-bond acceptors (Lipinski definition) is 2. The second-order valence-electron chi connectivity index (χ2n) is 5.28. The Morgan fingerprint density at radius 2 is 1.82 bits per heavy atom. The van der Waals surface area contributed by atoms with Gasteiger partial charge in [-0.2, -0.15) is 0 Å². The zero-order chi connectivity index (χ0) is 16.1. The minimum Gasteiger partial charge on any atom is -0.326 e. The average molecular weight is 296 g/mol. The van der Waals surface area contributed by atoms with E-state index in [0.29, 0.717) is 12.1 Å². The summed E-state index contributed by atoms with van der Waals surface area (Å²) in [4.78, 5) is 25.1. The van der Waals surface area contributed by atoms with Crippen LogP contribution in [-0.4, -0.2) is 18.9 Å². The van der Waals surface area contributed by atoms with E-state index >= 15 is 0 Å². The molecule has 0 saturated heterocycles. The van der Waals surface area contributed by atoms with Crippen molar-refractivity contribution in [3.05, 3.63) is 59.7 Å². The highest BCUT2D eigenvalue weighted by atomic mass is 16.2. The van der Waals surface area contributed by atoms with Crippen molar-refractivity contribution in [2.75, 3.05) is 17.3 Å². The molecule has 0 unspecified atom stereocenters. The van der Waals surface area contributed by atoms with Crippen molar-refractivity contribution < 1.29 is 9.59 Å². The quantitative estimate of drug-likeness (QED) is 0.942. The molecule has 22 heavy (non-hydrogen) atoms. The molecule has 0 aromatic heterocycles. The van der Waals surface area contributed by atoms with Crippen molar-refractivity contribution in [1.29, 1.82) is 0 Å². The lowest BCUT2D eigenvalue weighted by Crippen LogP contribution is -2.23. The minimum atomic E-state index is -0.0723. The van der Waals surface area contributed by atoms with Crippen LogP contribution in [0.1, 0.15) is 18.1 Å². The van der Waals surface area contributed by atoms with Crippen LogP contribution in [0.4, 0.5) is 11.4 Å². The predicted molar refractivity (Wildman–Crippen MR) is 89.0 cm³/mol. The Hall–Kier alpha value is -2.62. The van der Waals surface area contributed by atoms with E-state index in [1.165, 1.54) is 11.8 Å². The van der Waals surface area contributed by atoms with Crippen molar-refractivity contribution in [3.8, 4) is 0 Å². The maximum Gasteiger partial charge on any atom is 0.228 e. The van der Waals surface area contributed by atoms with E-state index in [2.05, 4.69) is 5.32 Å². The first-order valence-electron chi connectivity index (χ1n) is 7.16. The SMILES string of the molecule is CC(=O)N(C)c1cccc(NC(=O)Cc2ccccc2C)c1. The average Bonchev–Trinajstić information content (AvgIpc) is 2.49. The molecule has 4 heteroatoms. The van der Waals surface area contributed by atoms with Gasteiger partial charge >= 0.3 is 0 Å². The van der Waals surface area contributed by atoms with Gasteiger partial charge < -0.3 is 10.2 Å². The Bertz CT molecular complexity index is 695. The summed E-state index contributed by atoms with van der Waals surface area (Å²) in [6.07, 6.45) is 0.333. The number of hydrogen-bond donors (Lipinski definition) is 1. The smallest absolute Gasteiger partial charge is 0.228 e. The first-order chi connectivity index (χ1) is 10.5. The fourth-order valence-electron chi connectivity index (χ4n) is 2.16.